The molecular formula is C24H19ClN2O3. The van der Waals surface area contributed by atoms with Gasteiger partial charge in [-0.3, -0.25) is 9.36 Å². The zero-order valence-corrected chi connectivity index (χ0v) is 17.3. The molecule has 0 atom stereocenters. The lowest BCUT2D eigenvalue weighted by molar-refractivity contribution is 0.354. The maximum atomic E-state index is 13.3. The highest BCUT2D eigenvalue weighted by molar-refractivity contribution is 6.30. The van der Waals surface area contributed by atoms with Crippen molar-refractivity contribution >= 4 is 34.7 Å². The molecule has 0 N–H and O–H groups in total. The molecule has 1 aromatic heterocycles. The summed E-state index contributed by atoms with van der Waals surface area (Å²) in [6.45, 7) is 0. The van der Waals surface area contributed by atoms with Crippen molar-refractivity contribution in [2.75, 3.05) is 14.2 Å². The van der Waals surface area contributed by atoms with Gasteiger partial charge in [0.15, 0.2) is 11.5 Å². The van der Waals surface area contributed by atoms with E-state index < -0.39 is 0 Å². The monoisotopic (exact) mass is 418 g/mol. The van der Waals surface area contributed by atoms with Crippen molar-refractivity contribution in [1.82, 2.24) is 9.55 Å². The number of hydrogen-bond donors (Lipinski definition) is 0. The van der Waals surface area contributed by atoms with Gasteiger partial charge in [0.1, 0.15) is 5.82 Å². The molecule has 30 heavy (non-hydrogen) atoms. The first-order valence-electron chi connectivity index (χ1n) is 9.29. The molecule has 0 aliphatic carbocycles. The highest BCUT2D eigenvalue weighted by Crippen LogP contribution is 2.32. The molecule has 150 valence electrons. The Kier molecular flexibility index (Phi) is 5.55. The smallest absolute Gasteiger partial charge is 0.266 e. The van der Waals surface area contributed by atoms with E-state index in [1.807, 2.05) is 48.5 Å². The van der Waals surface area contributed by atoms with Gasteiger partial charge in [0.05, 0.1) is 30.8 Å². The summed E-state index contributed by atoms with van der Waals surface area (Å²) in [5.41, 5.74) is 1.90. The molecule has 0 saturated heterocycles. The number of aromatic nitrogens is 2. The van der Waals surface area contributed by atoms with Crippen molar-refractivity contribution < 1.29 is 9.47 Å². The quantitative estimate of drug-likeness (QED) is 0.445. The number of halogens is 1. The number of ether oxygens (including phenoxy) is 2. The van der Waals surface area contributed by atoms with Crippen LogP contribution in [-0.4, -0.2) is 23.8 Å². The molecule has 1 heterocycles. The van der Waals surface area contributed by atoms with Crippen LogP contribution < -0.4 is 15.0 Å². The molecule has 0 fully saturated rings. The Balaban J connectivity index is 1.94. The summed E-state index contributed by atoms with van der Waals surface area (Å²) in [4.78, 5) is 18.0. The lowest BCUT2D eigenvalue weighted by Gasteiger charge is -2.12. The van der Waals surface area contributed by atoms with Gasteiger partial charge >= 0.3 is 0 Å². The Labute approximate surface area is 178 Å². The van der Waals surface area contributed by atoms with Gasteiger partial charge in [-0.2, -0.15) is 0 Å². The van der Waals surface area contributed by atoms with E-state index in [4.69, 9.17) is 26.1 Å². The summed E-state index contributed by atoms with van der Waals surface area (Å²) in [5.74, 6) is 1.71. The first-order chi connectivity index (χ1) is 14.6. The molecular weight excluding hydrogens is 400 g/mol. The highest BCUT2D eigenvalue weighted by atomic mass is 35.5. The first-order valence-corrected chi connectivity index (χ1v) is 9.67. The minimum absolute atomic E-state index is 0.167. The van der Waals surface area contributed by atoms with E-state index in [0.29, 0.717) is 38.9 Å². The van der Waals surface area contributed by atoms with Crippen LogP contribution in [0.5, 0.6) is 11.5 Å². The molecule has 0 aliphatic rings. The van der Waals surface area contributed by atoms with Crippen LogP contribution in [0, 0.1) is 0 Å². The Bertz CT molecular complexity index is 1310. The Morgan fingerprint density at radius 1 is 0.933 bits per heavy atom. The van der Waals surface area contributed by atoms with Crippen LogP contribution in [-0.2, 0) is 0 Å². The number of methoxy groups -OCH3 is 2. The maximum Gasteiger partial charge on any atom is 0.266 e. The van der Waals surface area contributed by atoms with Crippen LogP contribution in [0.4, 0.5) is 0 Å². The van der Waals surface area contributed by atoms with E-state index >= 15 is 0 Å². The number of para-hydroxylation sites is 2. The number of hydrogen-bond acceptors (Lipinski definition) is 4. The van der Waals surface area contributed by atoms with Gasteiger partial charge in [-0.15, -0.1) is 0 Å². The minimum Gasteiger partial charge on any atom is -0.493 e. The molecule has 6 heteroatoms. The predicted octanol–water partition coefficient (Wildman–Crippen LogP) is 5.23. The highest BCUT2D eigenvalue weighted by Gasteiger charge is 2.12. The average molecular weight is 419 g/mol. The van der Waals surface area contributed by atoms with Gasteiger partial charge in [0.25, 0.3) is 5.56 Å². The Morgan fingerprint density at radius 2 is 1.73 bits per heavy atom. The number of nitrogens with zero attached hydrogens (tertiary/aromatic N) is 2. The van der Waals surface area contributed by atoms with E-state index in [-0.39, 0.29) is 5.56 Å². The van der Waals surface area contributed by atoms with Crippen molar-refractivity contribution in [3.63, 3.8) is 0 Å². The lowest BCUT2D eigenvalue weighted by atomic mass is 10.1. The van der Waals surface area contributed by atoms with Crippen molar-refractivity contribution in [1.29, 1.82) is 0 Å². The third-order valence-corrected chi connectivity index (χ3v) is 4.95. The Hall–Kier alpha value is -3.57. The third kappa shape index (κ3) is 3.67. The van der Waals surface area contributed by atoms with E-state index in [9.17, 15) is 4.79 Å². The van der Waals surface area contributed by atoms with Gasteiger partial charge in [-0.1, -0.05) is 41.9 Å². The summed E-state index contributed by atoms with van der Waals surface area (Å²) in [7, 11) is 3.18. The molecule has 0 radical (unpaired) electrons. The fourth-order valence-electron chi connectivity index (χ4n) is 3.33. The van der Waals surface area contributed by atoms with Crippen molar-refractivity contribution in [3.05, 3.63) is 93.5 Å². The molecule has 0 spiro atoms. The standard InChI is InChI=1S/C24H19ClN2O3/c1-29-21-12-5-7-16(23(21)30-2)13-14-22-26-20-11-4-3-10-19(20)24(28)27(22)18-9-6-8-17(25)15-18/h3-15H,1-2H3/b14-13+. The maximum absolute atomic E-state index is 13.3. The van der Waals surface area contributed by atoms with Crippen molar-refractivity contribution in [3.8, 4) is 17.2 Å². The Morgan fingerprint density at radius 3 is 2.50 bits per heavy atom. The zero-order valence-electron chi connectivity index (χ0n) is 16.5. The fraction of sp³-hybridized carbons (Fsp3) is 0.0833. The topological polar surface area (TPSA) is 53.3 Å². The van der Waals surface area contributed by atoms with E-state index in [2.05, 4.69) is 0 Å². The first kappa shape index (κ1) is 19.7. The largest absolute Gasteiger partial charge is 0.493 e. The van der Waals surface area contributed by atoms with Crippen molar-refractivity contribution in [2.45, 2.75) is 0 Å². The van der Waals surface area contributed by atoms with Gasteiger partial charge in [-0.25, -0.2) is 4.98 Å². The molecule has 0 amide bonds. The molecule has 0 unspecified atom stereocenters. The molecule has 0 bridgehead atoms. The summed E-state index contributed by atoms with van der Waals surface area (Å²) >= 11 is 6.18. The molecule has 4 rings (SSSR count). The van der Waals surface area contributed by atoms with Crippen LogP contribution in [0.1, 0.15) is 11.4 Å². The normalized spacial score (nSPS) is 11.2. The summed E-state index contributed by atoms with van der Waals surface area (Å²) in [6.07, 6.45) is 3.63. The molecule has 4 aromatic rings. The number of rotatable bonds is 5. The van der Waals surface area contributed by atoms with Gasteiger partial charge in [-0.05, 0) is 48.6 Å². The lowest BCUT2D eigenvalue weighted by Crippen LogP contribution is -2.22. The van der Waals surface area contributed by atoms with Crippen LogP contribution in [0.3, 0.4) is 0 Å². The zero-order chi connectivity index (χ0) is 21.1. The third-order valence-electron chi connectivity index (χ3n) is 4.71. The van der Waals surface area contributed by atoms with Gasteiger partial charge < -0.3 is 9.47 Å². The van der Waals surface area contributed by atoms with Crippen LogP contribution in [0.2, 0.25) is 5.02 Å². The number of fused-ring (bicyclic) bond motifs is 1. The van der Waals surface area contributed by atoms with Crippen LogP contribution in [0.15, 0.2) is 71.5 Å². The summed E-state index contributed by atoms with van der Waals surface area (Å²) in [5, 5.41) is 1.07. The summed E-state index contributed by atoms with van der Waals surface area (Å²) < 4.78 is 12.4. The second kappa shape index (κ2) is 8.43. The van der Waals surface area contributed by atoms with Gasteiger partial charge in [0, 0.05) is 10.6 Å². The second-order valence-electron chi connectivity index (χ2n) is 6.52. The molecule has 0 saturated carbocycles. The number of benzene rings is 3. The molecule has 5 nitrogen and oxygen atoms in total. The fourth-order valence-corrected chi connectivity index (χ4v) is 3.52. The van der Waals surface area contributed by atoms with Crippen LogP contribution in [0.25, 0.3) is 28.7 Å². The van der Waals surface area contributed by atoms with E-state index in [1.165, 1.54) is 0 Å². The van der Waals surface area contributed by atoms with E-state index in [0.717, 1.165) is 5.56 Å². The molecule has 0 aliphatic heterocycles. The summed E-state index contributed by atoms with van der Waals surface area (Å²) in [6, 6.07) is 20.0. The van der Waals surface area contributed by atoms with Crippen LogP contribution >= 0.6 is 11.6 Å². The SMILES string of the molecule is COc1cccc(/C=C/c2nc3ccccc3c(=O)n2-c2cccc(Cl)c2)c1OC. The second-order valence-corrected chi connectivity index (χ2v) is 6.96. The van der Waals surface area contributed by atoms with Crippen molar-refractivity contribution in [2.24, 2.45) is 0 Å². The average Bonchev–Trinajstić information content (AvgIpc) is 2.77. The minimum atomic E-state index is -0.167. The van der Waals surface area contributed by atoms with E-state index in [1.54, 1.807) is 49.1 Å². The van der Waals surface area contributed by atoms with Gasteiger partial charge in [0.2, 0.25) is 0 Å². The molecule has 3 aromatic carbocycles. The predicted molar refractivity (Wildman–Crippen MR) is 121 cm³/mol.